The van der Waals surface area contributed by atoms with Gasteiger partial charge in [0.05, 0.1) is 11.3 Å². The van der Waals surface area contributed by atoms with Gasteiger partial charge >= 0.3 is 5.97 Å². The van der Waals surface area contributed by atoms with Gasteiger partial charge in [-0.25, -0.2) is 4.79 Å². The van der Waals surface area contributed by atoms with E-state index in [9.17, 15) is 9.59 Å². The summed E-state index contributed by atoms with van der Waals surface area (Å²) < 4.78 is 5.76. The highest BCUT2D eigenvalue weighted by molar-refractivity contribution is 9.10. The third kappa shape index (κ3) is 4.32. The molecule has 23 heavy (non-hydrogen) atoms. The predicted molar refractivity (Wildman–Crippen MR) is 93.4 cm³/mol. The molecule has 0 spiro atoms. The van der Waals surface area contributed by atoms with Crippen molar-refractivity contribution in [2.75, 3.05) is 17.7 Å². The minimum atomic E-state index is -0.627. The quantitative estimate of drug-likeness (QED) is 0.632. The molecular weight excluding hydrogens is 360 g/mol. The van der Waals surface area contributed by atoms with E-state index in [1.54, 1.807) is 24.3 Å². The van der Waals surface area contributed by atoms with Crippen LogP contribution in [0.25, 0.3) is 0 Å². The van der Waals surface area contributed by atoms with E-state index < -0.39 is 11.9 Å². The normalized spacial score (nSPS) is 10.2. The third-order valence-corrected chi connectivity index (χ3v) is 4.03. The molecule has 0 fully saturated rings. The first-order chi connectivity index (χ1) is 10.9. The predicted octanol–water partition coefficient (Wildman–Crippen LogP) is 3.44. The monoisotopic (exact) mass is 376 g/mol. The van der Waals surface area contributed by atoms with Crippen molar-refractivity contribution >= 4 is 39.2 Å². The lowest BCUT2D eigenvalue weighted by Crippen LogP contribution is -2.21. The van der Waals surface area contributed by atoms with Crippen molar-refractivity contribution in [3.8, 4) is 0 Å². The van der Waals surface area contributed by atoms with Crippen molar-refractivity contribution in [3.63, 3.8) is 0 Å². The Bertz CT molecular complexity index is 759. The van der Waals surface area contributed by atoms with Crippen LogP contribution in [0.5, 0.6) is 0 Å². The van der Waals surface area contributed by atoms with E-state index in [-0.39, 0.29) is 12.2 Å². The number of amides is 1. The molecule has 0 atom stereocenters. The number of esters is 1. The number of nitrogen functional groups attached to an aromatic ring is 1. The lowest BCUT2D eigenvalue weighted by Gasteiger charge is -2.11. The Morgan fingerprint density at radius 1 is 1.17 bits per heavy atom. The Kier molecular flexibility index (Phi) is 5.39. The number of anilines is 2. The van der Waals surface area contributed by atoms with Crippen LogP contribution in [0.2, 0.25) is 0 Å². The molecule has 3 N–H and O–H groups in total. The van der Waals surface area contributed by atoms with Crippen molar-refractivity contribution in [2.45, 2.75) is 13.8 Å². The number of rotatable bonds is 4. The van der Waals surface area contributed by atoms with Gasteiger partial charge in [-0.2, -0.15) is 0 Å². The molecule has 0 saturated heterocycles. The summed E-state index contributed by atoms with van der Waals surface area (Å²) in [6.45, 7) is 3.56. The lowest BCUT2D eigenvalue weighted by molar-refractivity contribution is -0.119. The number of benzene rings is 2. The molecular formula is C17H17BrN2O3. The maximum absolute atomic E-state index is 11.9. The van der Waals surface area contributed by atoms with E-state index in [1.165, 1.54) is 0 Å². The van der Waals surface area contributed by atoms with Crippen molar-refractivity contribution in [1.29, 1.82) is 0 Å². The van der Waals surface area contributed by atoms with Gasteiger partial charge in [-0.05, 0) is 65.2 Å². The Labute approximate surface area is 143 Å². The fourth-order valence-corrected chi connectivity index (χ4v) is 2.51. The van der Waals surface area contributed by atoms with Crippen molar-refractivity contribution < 1.29 is 14.3 Å². The van der Waals surface area contributed by atoms with Gasteiger partial charge < -0.3 is 15.8 Å². The number of nitrogens with two attached hydrogens (primary N) is 1. The molecule has 0 aromatic heterocycles. The fourth-order valence-electron chi connectivity index (χ4n) is 1.95. The van der Waals surface area contributed by atoms with Crippen LogP contribution >= 0.6 is 15.9 Å². The maximum Gasteiger partial charge on any atom is 0.340 e. The van der Waals surface area contributed by atoms with Crippen molar-refractivity contribution in [1.82, 2.24) is 0 Å². The van der Waals surface area contributed by atoms with Gasteiger partial charge in [-0.15, -0.1) is 0 Å². The number of ether oxygens (including phenoxy) is 1. The second kappa shape index (κ2) is 7.28. The van der Waals surface area contributed by atoms with Crippen LogP contribution in [0.1, 0.15) is 21.5 Å². The van der Waals surface area contributed by atoms with Crippen LogP contribution in [0.4, 0.5) is 11.4 Å². The number of halogens is 1. The highest BCUT2D eigenvalue weighted by Crippen LogP contribution is 2.26. The average Bonchev–Trinajstić information content (AvgIpc) is 2.51. The van der Waals surface area contributed by atoms with E-state index >= 15 is 0 Å². The number of carbonyl (C=O) groups excluding carboxylic acids is 2. The molecule has 1 amide bonds. The third-order valence-electron chi connectivity index (χ3n) is 3.37. The van der Waals surface area contributed by atoms with Gasteiger partial charge in [0.2, 0.25) is 0 Å². The molecule has 0 aliphatic carbocycles. The van der Waals surface area contributed by atoms with Crippen molar-refractivity contribution in [2.24, 2.45) is 0 Å². The SMILES string of the molecule is Cc1cc(Br)c(NC(=O)COC(=O)c2ccccc2N)cc1C. The van der Waals surface area contributed by atoms with E-state index in [0.717, 1.165) is 15.6 Å². The van der Waals surface area contributed by atoms with Gasteiger partial charge in [0.25, 0.3) is 5.91 Å². The Balaban J connectivity index is 1.97. The molecule has 0 saturated carbocycles. The van der Waals surface area contributed by atoms with Gasteiger partial charge in [0.1, 0.15) is 0 Å². The summed E-state index contributed by atoms with van der Waals surface area (Å²) in [4.78, 5) is 23.8. The van der Waals surface area contributed by atoms with Gasteiger partial charge in [-0.1, -0.05) is 12.1 Å². The molecule has 0 heterocycles. The fraction of sp³-hybridized carbons (Fsp3) is 0.176. The first kappa shape index (κ1) is 17.0. The second-order valence-corrected chi connectivity index (χ2v) is 5.98. The first-order valence-electron chi connectivity index (χ1n) is 6.96. The summed E-state index contributed by atoms with van der Waals surface area (Å²) in [5.41, 5.74) is 9.05. The molecule has 2 aromatic carbocycles. The topological polar surface area (TPSA) is 81.4 Å². The van der Waals surface area contributed by atoms with E-state index in [2.05, 4.69) is 21.2 Å². The summed E-state index contributed by atoms with van der Waals surface area (Å²) in [6.07, 6.45) is 0. The van der Waals surface area contributed by atoms with E-state index in [4.69, 9.17) is 10.5 Å². The molecule has 2 rings (SSSR count). The number of aryl methyl sites for hydroxylation is 2. The summed E-state index contributed by atoms with van der Waals surface area (Å²) in [5.74, 6) is -1.05. The number of nitrogens with one attached hydrogen (secondary N) is 1. The Morgan fingerprint density at radius 3 is 2.52 bits per heavy atom. The standard InChI is InChI=1S/C17H17BrN2O3/c1-10-7-13(18)15(8-11(10)2)20-16(21)9-23-17(22)12-5-3-4-6-14(12)19/h3-8H,9,19H2,1-2H3,(H,20,21). The number of carbonyl (C=O) groups is 2. The lowest BCUT2D eigenvalue weighted by atomic mass is 10.1. The van der Waals surface area contributed by atoms with Crippen molar-refractivity contribution in [3.05, 3.63) is 57.6 Å². The van der Waals surface area contributed by atoms with E-state index in [0.29, 0.717) is 11.4 Å². The zero-order valence-corrected chi connectivity index (χ0v) is 14.4. The molecule has 2 aromatic rings. The highest BCUT2D eigenvalue weighted by Gasteiger charge is 2.13. The zero-order chi connectivity index (χ0) is 17.0. The Morgan fingerprint density at radius 2 is 1.83 bits per heavy atom. The van der Waals surface area contributed by atoms with Crippen LogP contribution in [-0.2, 0) is 9.53 Å². The molecule has 5 nitrogen and oxygen atoms in total. The van der Waals surface area contributed by atoms with Crippen LogP contribution in [0, 0.1) is 13.8 Å². The zero-order valence-electron chi connectivity index (χ0n) is 12.9. The summed E-state index contributed by atoms with van der Waals surface area (Å²) >= 11 is 3.40. The molecule has 0 radical (unpaired) electrons. The number of hydrogen-bond acceptors (Lipinski definition) is 4. The maximum atomic E-state index is 11.9. The molecule has 0 unspecified atom stereocenters. The van der Waals surface area contributed by atoms with Crippen LogP contribution in [-0.4, -0.2) is 18.5 Å². The largest absolute Gasteiger partial charge is 0.452 e. The minimum absolute atomic E-state index is 0.243. The molecule has 0 aliphatic rings. The number of hydrogen-bond donors (Lipinski definition) is 2. The Hall–Kier alpha value is -2.34. The van der Waals surface area contributed by atoms with Gasteiger partial charge in [0.15, 0.2) is 6.61 Å². The van der Waals surface area contributed by atoms with E-state index in [1.807, 2.05) is 26.0 Å². The van der Waals surface area contributed by atoms with Crippen LogP contribution in [0.15, 0.2) is 40.9 Å². The smallest absolute Gasteiger partial charge is 0.340 e. The second-order valence-electron chi connectivity index (χ2n) is 5.13. The summed E-state index contributed by atoms with van der Waals surface area (Å²) in [6, 6.07) is 10.3. The van der Waals surface area contributed by atoms with Gasteiger partial charge in [0, 0.05) is 10.2 Å². The molecule has 6 heteroatoms. The minimum Gasteiger partial charge on any atom is -0.452 e. The van der Waals surface area contributed by atoms with Crippen LogP contribution < -0.4 is 11.1 Å². The van der Waals surface area contributed by atoms with Crippen LogP contribution in [0.3, 0.4) is 0 Å². The summed E-state index contributed by atoms with van der Waals surface area (Å²) in [7, 11) is 0. The first-order valence-corrected chi connectivity index (χ1v) is 7.76. The number of para-hydroxylation sites is 1. The van der Waals surface area contributed by atoms with Gasteiger partial charge in [-0.3, -0.25) is 4.79 Å². The molecule has 120 valence electrons. The highest BCUT2D eigenvalue weighted by atomic mass is 79.9. The molecule has 0 aliphatic heterocycles. The summed E-state index contributed by atoms with van der Waals surface area (Å²) in [5, 5.41) is 2.71. The molecule has 0 bridgehead atoms. The average molecular weight is 377 g/mol.